The van der Waals surface area contributed by atoms with Gasteiger partial charge < -0.3 is 10.2 Å². The Morgan fingerprint density at radius 3 is 2.33 bits per heavy atom. The van der Waals surface area contributed by atoms with Gasteiger partial charge in [-0.2, -0.15) is 0 Å². The predicted molar refractivity (Wildman–Crippen MR) is 83.6 cm³/mol. The molecule has 3 nitrogen and oxygen atoms in total. The van der Waals surface area contributed by atoms with Gasteiger partial charge in [0.25, 0.3) is 0 Å². The number of carboxylic acids is 1. The highest BCUT2D eigenvalue weighted by atomic mass is 35.5. The van der Waals surface area contributed by atoms with E-state index in [0.717, 1.165) is 16.7 Å². The highest BCUT2D eigenvalue weighted by Gasteiger charge is 2.18. The van der Waals surface area contributed by atoms with Crippen molar-refractivity contribution in [3.05, 3.63) is 59.1 Å². The fraction of sp³-hybridized carbons (Fsp3) is 0.235. The van der Waals surface area contributed by atoms with E-state index in [1.807, 2.05) is 55.5 Å². The summed E-state index contributed by atoms with van der Waals surface area (Å²) in [6.07, 6.45) is -1.14. The first kappa shape index (κ1) is 15.5. The number of aliphatic carboxylic acids is 1. The van der Waals surface area contributed by atoms with E-state index >= 15 is 0 Å². The summed E-state index contributed by atoms with van der Waals surface area (Å²) in [5, 5.41) is 18.8. The van der Waals surface area contributed by atoms with Crippen molar-refractivity contribution in [1.29, 1.82) is 0 Å². The zero-order valence-electron chi connectivity index (χ0n) is 11.7. The highest BCUT2D eigenvalue weighted by molar-refractivity contribution is 6.33. The van der Waals surface area contributed by atoms with Gasteiger partial charge in [0.2, 0.25) is 0 Å². The van der Waals surface area contributed by atoms with E-state index in [4.69, 9.17) is 16.7 Å². The van der Waals surface area contributed by atoms with Crippen LogP contribution in [0.25, 0.3) is 11.1 Å². The van der Waals surface area contributed by atoms with Crippen LogP contribution < -0.4 is 0 Å². The van der Waals surface area contributed by atoms with Crippen LogP contribution in [0.1, 0.15) is 24.8 Å². The Bertz CT molecular complexity index is 622. The molecule has 2 N–H and O–H groups in total. The van der Waals surface area contributed by atoms with Gasteiger partial charge in [-0.1, -0.05) is 61.0 Å². The number of aliphatic hydroxyl groups excluding tert-OH is 1. The van der Waals surface area contributed by atoms with Crippen LogP contribution in [0.2, 0.25) is 5.02 Å². The molecule has 0 aliphatic rings. The van der Waals surface area contributed by atoms with Gasteiger partial charge in [-0.25, -0.2) is 4.79 Å². The summed E-state index contributed by atoms with van der Waals surface area (Å²) < 4.78 is 0. The summed E-state index contributed by atoms with van der Waals surface area (Å²) in [5.41, 5.74) is 2.96. The minimum Gasteiger partial charge on any atom is -0.479 e. The molecule has 0 spiro atoms. The largest absolute Gasteiger partial charge is 0.479 e. The average Bonchev–Trinajstić information content (AvgIpc) is 2.47. The maximum atomic E-state index is 10.7. The SMILES string of the molecule is CC(CC(O)C(=O)O)c1ccc(-c2ccccc2Cl)cc1. The normalized spacial score (nSPS) is 13.7. The van der Waals surface area contributed by atoms with E-state index in [1.165, 1.54) is 0 Å². The van der Waals surface area contributed by atoms with Crippen molar-refractivity contribution in [3.63, 3.8) is 0 Å². The Labute approximate surface area is 128 Å². The monoisotopic (exact) mass is 304 g/mol. The maximum Gasteiger partial charge on any atom is 0.332 e. The molecule has 110 valence electrons. The summed E-state index contributed by atoms with van der Waals surface area (Å²) in [5.74, 6) is -1.22. The molecule has 0 aliphatic heterocycles. The van der Waals surface area contributed by atoms with E-state index in [9.17, 15) is 9.90 Å². The van der Waals surface area contributed by atoms with Gasteiger partial charge >= 0.3 is 5.97 Å². The molecule has 2 rings (SSSR count). The highest BCUT2D eigenvalue weighted by Crippen LogP contribution is 2.29. The molecule has 21 heavy (non-hydrogen) atoms. The Balaban J connectivity index is 2.16. The second kappa shape index (κ2) is 6.74. The van der Waals surface area contributed by atoms with Gasteiger partial charge in [0.05, 0.1) is 0 Å². The second-order valence-electron chi connectivity index (χ2n) is 5.09. The van der Waals surface area contributed by atoms with Crippen LogP contribution in [-0.4, -0.2) is 22.3 Å². The van der Waals surface area contributed by atoms with Crippen LogP contribution >= 0.6 is 11.6 Å². The predicted octanol–water partition coefficient (Wildman–Crippen LogP) is 3.95. The number of hydrogen-bond acceptors (Lipinski definition) is 2. The molecule has 2 aromatic carbocycles. The standard InChI is InChI=1S/C17H17ClO3/c1-11(10-16(19)17(20)21)12-6-8-13(9-7-12)14-4-2-3-5-15(14)18/h2-9,11,16,19H,10H2,1H3,(H,20,21). The molecule has 0 amide bonds. The topological polar surface area (TPSA) is 57.5 Å². The van der Waals surface area contributed by atoms with Crippen molar-refractivity contribution < 1.29 is 15.0 Å². The van der Waals surface area contributed by atoms with Crippen LogP contribution in [0.5, 0.6) is 0 Å². The van der Waals surface area contributed by atoms with E-state index in [0.29, 0.717) is 5.02 Å². The third-order valence-corrected chi connectivity index (χ3v) is 3.86. The Kier molecular flexibility index (Phi) is 4.99. The lowest BCUT2D eigenvalue weighted by atomic mass is 9.93. The van der Waals surface area contributed by atoms with E-state index in [1.54, 1.807) is 0 Å². The van der Waals surface area contributed by atoms with Crippen LogP contribution in [0.3, 0.4) is 0 Å². The summed E-state index contributed by atoms with van der Waals surface area (Å²) >= 11 is 6.17. The molecule has 0 saturated carbocycles. The number of aliphatic hydroxyl groups is 1. The second-order valence-corrected chi connectivity index (χ2v) is 5.50. The van der Waals surface area contributed by atoms with Crippen molar-refractivity contribution in [2.24, 2.45) is 0 Å². The first-order valence-corrected chi connectivity index (χ1v) is 7.12. The van der Waals surface area contributed by atoms with Gasteiger partial charge in [-0.3, -0.25) is 0 Å². The quantitative estimate of drug-likeness (QED) is 0.879. The van der Waals surface area contributed by atoms with Crippen molar-refractivity contribution in [1.82, 2.24) is 0 Å². The molecule has 0 heterocycles. The molecule has 0 aromatic heterocycles. The number of benzene rings is 2. The van der Waals surface area contributed by atoms with Gasteiger partial charge in [0.15, 0.2) is 6.10 Å². The summed E-state index contributed by atoms with van der Waals surface area (Å²) in [4.78, 5) is 10.7. The third kappa shape index (κ3) is 3.84. The molecule has 0 saturated heterocycles. The molecular weight excluding hydrogens is 288 g/mol. The van der Waals surface area contributed by atoms with E-state index < -0.39 is 12.1 Å². The number of hydrogen-bond donors (Lipinski definition) is 2. The van der Waals surface area contributed by atoms with E-state index in [2.05, 4.69) is 0 Å². The Morgan fingerprint density at radius 2 is 1.76 bits per heavy atom. The van der Waals surface area contributed by atoms with Gasteiger partial charge in [0.1, 0.15) is 0 Å². The molecule has 2 atom stereocenters. The van der Waals surface area contributed by atoms with Crippen molar-refractivity contribution >= 4 is 17.6 Å². The van der Waals surface area contributed by atoms with Crippen LogP contribution in [-0.2, 0) is 4.79 Å². The first-order chi connectivity index (χ1) is 9.99. The number of halogens is 1. The third-order valence-electron chi connectivity index (χ3n) is 3.53. The van der Waals surface area contributed by atoms with Crippen LogP contribution in [0.4, 0.5) is 0 Å². The number of rotatable bonds is 5. The van der Waals surface area contributed by atoms with Gasteiger partial charge in [-0.15, -0.1) is 0 Å². The lowest BCUT2D eigenvalue weighted by Gasteiger charge is -2.14. The molecule has 2 aromatic rings. The summed E-state index contributed by atoms with van der Waals surface area (Å²) in [6, 6.07) is 15.4. The van der Waals surface area contributed by atoms with Crippen LogP contribution in [0, 0.1) is 0 Å². The molecule has 0 radical (unpaired) electrons. The molecular formula is C17H17ClO3. The van der Waals surface area contributed by atoms with Crippen molar-refractivity contribution in [3.8, 4) is 11.1 Å². The Hall–Kier alpha value is -1.84. The first-order valence-electron chi connectivity index (χ1n) is 6.74. The fourth-order valence-electron chi connectivity index (χ4n) is 2.26. The van der Waals surface area contributed by atoms with Gasteiger partial charge in [-0.05, 0) is 29.5 Å². The van der Waals surface area contributed by atoms with Crippen LogP contribution in [0.15, 0.2) is 48.5 Å². The molecule has 2 unspecified atom stereocenters. The number of carbonyl (C=O) groups is 1. The lowest BCUT2D eigenvalue weighted by Crippen LogP contribution is -2.21. The van der Waals surface area contributed by atoms with Crippen molar-refractivity contribution in [2.45, 2.75) is 25.4 Å². The van der Waals surface area contributed by atoms with E-state index in [-0.39, 0.29) is 12.3 Å². The zero-order chi connectivity index (χ0) is 15.4. The average molecular weight is 305 g/mol. The summed E-state index contributed by atoms with van der Waals surface area (Å²) in [6.45, 7) is 1.90. The molecule has 0 fully saturated rings. The van der Waals surface area contributed by atoms with Crippen molar-refractivity contribution in [2.75, 3.05) is 0 Å². The molecule has 0 aliphatic carbocycles. The zero-order valence-corrected chi connectivity index (χ0v) is 12.4. The smallest absolute Gasteiger partial charge is 0.332 e. The lowest BCUT2D eigenvalue weighted by molar-refractivity contribution is -0.147. The Morgan fingerprint density at radius 1 is 1.14 bits per heavy atom. The molecule has 0 bridgehead atoms. The minimum absolute atomic E-state index is 0.0311. The molecule has 4 heteroatoms. The number of carboxylic acid groups (broad SMARTS) is 1. The maximum absolute atomic E-state index is 10.7. The summed E-state index contributed by atoms with van der Waals surface area (Å²) in [7, 11) is 0. The minimum atomic E-state index is -1.33. The van der Waals surface area contributed by atoms with Gasteiger partial charge in [0, 0.05) is 10.6 Å². The fourth-order valence-corrected chi connectivity index (χ4v) is 2.50.